The number of aromatic nitrogens is 3. The van der Waals surface area contributed by atoms with Gasteiger partial charge in [0.05, 0.1) is 22.3 Å². The van der Waals surface area contributed by atoms with Gasteiger partial charge in [0.1, 0.15) is 0 Å². The van der Waals surface area contributed by atoms with E-state index in [0.29, 0.717) is 33.9 Å². The molecule has 5 rings (SSSR count). The normalized spacial score (nSPS) is 11.0. The van der Waals surface area contributed by atoms with Gasteiger partial charge in [0.25, 0.3) is 5.91 Å². The van der Waals surface area contributed by atoms with Crippen molar-refractivity contribution in [2.24, 2.45) is 0 Å². The number of H-pyrrole nitrogens is 1. The SMILES string of the molecule is Cc1ccc(CNC(=O)c2cc(-c3ccc(Cl)cc3)nc3n[nH]c(-c4ccccc4)c23)cc1. The highest BCUT2D eigenvalue weighted by Crippen LogP contribution is 2.31. The summed E-state index contributed by atoms with van der Waals surface area (Å²) in [5.41, 5.74) is 6.44. The number of benzene rings is 3. The van der Waals surface area contributed by atoms with Crippen molar-refractivity contribution in [2.75, 3.05) is 0 Å². The van der Waals surface area contributed by atoms with Gasteiger partial charge in [-0.1, -0.05) is 83.9 Å². The molecule has 33 heavy (non-hydrogen) atoms. The Labute approximate surface area is 196 Å². The molecule has 0 unspecified atom stereocenters. The Morgan fingerprint density at radius 2 is 1.67 bits per heavy atom. The lowest BCUT2D eigenvalue weighted by Gasteiger charge is -2.10. The van der Waals surface area contributed by atoms with Crippen LogP contribution in [0.2, 0.25) is 5.02 Å². The highest BCUT2D eigenvalue weighted by Gasteiger charge is 2.20. The van der Waals surface area contributed by atoms with Gasteiger partial charge in [-0.05, 0) is 30.7 Å². The molecule has 0 aliphatic rings. The van der Waals surface area contributed by atoms with E-state index in [1.807, 2.05) is 79.7 Å². The van der Waals surface area contributed by atoms with Crippen molar-refractivity contribution in [3.63, 3.8) is 0 Å². The van der Waals surface area contributed by atoms with Crippen LogP contribution in [0.4, 0.5) is 0 Å². The monoisotopic (exact) mass is 452 g/mol. The Bertz CT molecular complexity index is 1430. The third kappa shape index (κ3) is 4.36. The van der Waals surface area contributed by atoms with E-state index in [9.17, 15) is 4.79 Å². The first-order chi connectivity index (χ1) is 16.1. The van der Waals surface area contributed by atoms with E-state index < -0.39 is 0 Å². The summed E-state index contributed by atoms with van der Waals surface area (Å²) in [6.45, 7) is 2.47. The highest BCUT2D eigenvalue weighted by atomic mass is 35.5. The molecular formula is C27H21ClN4O. The molecule has 0 radical (unpaired) electrons. The van der Waals surface area contributed by atoms with Gasteiger partial charge < -0.3 is 5.32 Å². The van der Waals surface area contributed by atoms with Crippen molar-refractivity contribution in [2.45, 2.75) is 13.5 Å². The lowest BCUT2D eigenvalue weighted by molar-refractivity contribution is 0.0952. The molecule has 2 heterocycles. The van der Waals surface area contributed by atoms with Gasteiger partial charge in [0, 0.05) is 22.7 Å². The van der Waals surface area contributed by atoms with Crippen molar-refractivity contribution in [1.29, 1.82) is 0 Å². The van der Waals surface area contributed by atoms with Crippen molar-refractivity contribution in [3.05, 3.63) is 107 Å². The van der Waals surface area contributed by atoms with Crippen molar-refractivity contribution < 1.29 is 4.79 Å². The summed E-state index contributed by atoms with van der Waals surface area (Å²) < 4.78 is 0. The van der Waals surface area contributed by atoms with E-state index in [1.165, 1.54) is 5.56 Å². The maximum absolute atomic E-state index is 13.4. The van der Waals surface area contributed by atoms with Crippen molar-refractivity contribution >= 4 is 28.5 Å². The predicted molar refractivity (Wildman–Crippen MR) is 132 cm³/mol. The Kier molecular flexibility index (Phi) is 5.63. The second-order valence-electron chi connectivity index (χ2n) is 7.89. The number of hydrogen-bond donors (Lipinski definition) is 2. The number of pyridine rings is 1. The van der Waals surface area contributed by atoms with Crippen molar-refractivity contribution in [3.8, 4) is 22.5 Å². The minimum absolute atomic E-state index is 0.184. The lowest BCUT2D eigenvalue weighted by Crippen LogP contribution is -2.23. The molecule has 2 N–H and O–H groups in total. The molecule has 6 heteroatoms. The number of halogens is 1. The number of carbonyl (C=O) groups is 1. The summed E-state index contributed by atoms with van der Waals surface area (Å²) in [4.78, 5) is 18.1. The Hall–Kier alpha value is -3.96. The highest BCUT2D eigenvalue weighted by molar-refractivity contribution is 6.30. The molecule has 2 aromatic heterocycles. The van der Waals surface area contributed by atoms with Crippen LogP contribution in [0.1, 0.15) is 21.5 Å². The Morgan fingerprint density at radius 3 is 2.39 bits per heavy atom. The molecule has 0 bridgehead atoms. The van der Waals surface area contributed by atoms with Crippen molar-refractivity contribution in [1.82, 2.24) is 20.5 Å². The summed E-state index contributed by atoms with van der Waals surface area (Å²) in [7, 11) is 0. The molecule has 0 atom stereocenters. The van der Waals surface area contributed by atoms with E-state index in [0.717, 1.165) is 22.4 Å². The van der Waals surface area contributed by atoms with Gasteiger partial charge in [-0.15, -0.1) is 0 Å². The van der Waals surface area contributed by atoms with Crippen LogP contribution in [0.15, 0.2) is 84.9 Å². The predicted octanol–water partition coefficient (Wildman–Crippen LogP) is 6.18. The summed E-state index contributed by atoms with van der Waals surface area (Å²) in [5.74, 6) is -0.184. The molecule has 3 aromatic carbocycles. The standard InChI is InChI=1S/C27H21ClN4O/c1-17-7-9-18(10-8-17)16-29-27(33)22-15-23(19-11-13-21(28)14-12-19)30-26-24(22)25(31-32-26)20-5-3-2-4-6-20/h2-15H,16H2,1H3,(H,29,33)(H,30,31,32). The first kappa shape index (κ1) is 20.9. The quantitative estimate of drug-likeness (QED) is 0.334. The van der Waals surface area contributed by atoms with Gasteiger partial charge in [0.2, 0.25) is 0 Å². The van der Waals surface area contributed by atoms with E-state index in [2.05, 4.69) is 15.5 Å². The smallest absolute Gasteiger partial charge is 0.252 e. The van der Waals surface area contributed by atoms with Gasteiger partial charge in [-0.25, -0.2) is 4.98 Å². The summed E-state index contributed by atoms with van der Waals surface area (Å²) in [6.07, 6.45) is 0. The number of aryl methyl sites for hydroxylation is 1. The second kappa shape index (κ2) is 8.88. The molecule has 0 aliphatic carbocycles. The van der Waals surface area contributed by atoms with Crippen LogP contribution >= 0.6 is 11.6 Å². The first-order valence-electron chi connectivity index (χ1n) is 10.6. The minimum atomic E-state index is -0.184. The number of nitrogens with zero attached hydrogens (tertiary/aromatic N) is 2. The van der Waals surface area contributed by atoms with E-state index >= 15 is 0 Å². The minimum Gasteiger partial charge on any atom is -0.348 e. The van der Waals surface area contributed by atoms with E-state index in [-0.39, 0.29) is 5.91 Å². The zero-order valence-corrected chi connectivity index (χ0v) is 18.7. The van der Waals surface area contributed by atoms with Crippen LogP contribution in [-0.4, -0.2) is 21.1 Å². The lowest BCUT2D eigenvalue weighted by atomic mass is 10.0. The third-order valence-corrected chi connectivity index (χ3v) is 5.80. The molecule has 162 valence electrons. The van der Waals surface area contributed by atoms with Crippen LogP contribution in [0.25, 0.3) is 33.5 Å². The molecule has 0 fully saturated rings. The number of nitrogens with one attached hydrogen (secondary N) is 2. The Morgan fingerprint density at radius 1 is 0.939 bits per heavy atom. The van der Waals surface area contributed by atoms with Gasteiger partial charge in [-0.2, -0.15) is 5.10 Å². The number of fused-ring (bicyclic) bond motifs is 1. The number of rotatable bonds is 5. The molecule has 1 amide bonds. The zero-order valence-electron chi connectivity index (χ0n) is 18.0. The second-order valence-corrected chi connectivity index (χ2v) is 8.33. The Balaban J connectivity index is 1.59. The van der Waals surface area contributed by atoms with Crippen LogP contribution in [0.5, 0.6) is 0 Å². The molecular weight excluding hydrogens is 432 g/mol. The average Bonchev–Trinajstić information content (AvgIpc) is 3.28. The average molecular weight is 453 g/mol. The molecule has 0 saturated carbocycles. The number of aromatic amines is 1. The summed E-state index contributed by atoms with van der Waals surface area (Å²) in [6, 6.07) is 27.1. The maximum atomic E-state index is 13.4. The largest absolute Gasteiger partial charge is 0.348 e. The summed E-state index contributed by atoms with van der Waals surface area (Å²) in [5, 5.41) is 11.9. The third-order valence-electron chi connectivity index (χ3n) is 5.54. The number of amides is 1. The topological polar surface area (TPSA) is 70.7 Å². The van der Waals surface area contributed by atoms with Crippen LogP contribution in [0.3, 0.4) is 0 Å². The fraction of sp³-hybridized carbons (Fsp3) is 0.0741. The van der Waals surface area contributed by atoms with Gasteiger partial charge in [-0.3, -0.25) is 9.89 Å². The fourth-order valence-corrected chi connectivity index (χ4v) is 3.89. The van der Waals surface area contributed by atoms with Crippen LogP contribution in [0, 0.1) is 6.92 Å². The molecule has 0 spiro atoms. The summed E-state index contributed by atoms with van der Waals surface area (Å²) >= 11 is 6.05. The first-order valence-corrected chi connectivity index (χ1v) is 11.0. The molecule has 0 aliphatic heterocycles. The van der Waals surface area contributed by atoms with Crippen LogP contribution in [-0.2, 0) is 6.54 Å². The van der Waals surface area contributed by atoms with Crippen LogP contribution < -0.4 is 5.32 Å². The number of carbonyl (C=O) groups excluding carboxylic acids is 1. The van der Waals surface area contributed by atoms with Gasteiger partial charge in [0.15, 0.2) is 5.65 Å². The zero-order chi connectivity index (χ0) is 22.8. The van der Waals surface area contributed by atoms with E-state index in [1.54, 1.807) is 12.1 Å². The van der Waals surface area contributed by atoms with E-state index in [4.69, 9.17) is 16.6 Å². The molecule has 0 saturated heterocycles. The number of hydrogen-bond acceptors (Lipinski definition) is 3. The molecule has 5 aromatic rings. The van der Waals surface area contributed by atoms with Gasteiger partial charge >= 0.3 is 0 Å². The molecule has 5 nitrogen and oxygen atoms in total. The maximum Gasteiger partial charge on any atom is 0.252 e. The fourth-order valence-electron chi connectivity index (χ4n) is 3.77.